The highest BCUT2D eigenvalue weighted by Crippen LogP contribution is 2.37. The summed E-state index contributed by atoms with van der Waals surface area (Å²) in [5.41, 5.74) is 3.86. The molecule has 0 saturated heterocycles. The molecular weight excluding hydrogens is 444 g/mol. The first-order valence-corrected chi connectivity index (χ1v) is 12.1. The van der Waals surface area contributed by atoms with Gasteiger partial charge >= 0.3 is 0 Å². The number of hydrogen-bond donors (Lipinski definition) is 1. The second-order valence-electron chi connectivity index (χ2n) is 8.85. The van der Waals surface area contributed by atoms with Gasteiger partial charge < -0.3 is 5.32 Å². The predicted molar refractivity (Wildman–Crippen MR) is 135 cm³/mol. The third kappa shape index (κ3) is 3.72. The summed E-state index contributed by atoms with van der Waals surface area (Å²) in [6.45, 7) is 6.47. The molecule has 4 aromatic rings. The molecule has 1 aliphatic heterocycles. The minimum Gasteiger partial charge on any atom is -0.350 e. The first-order valence-electron chi connectivity index (χ1n) is 11.2. The van der Waals surface area contributed by atoms with Crippen molar-refractivity contribution in [2.75, 3.05) is 4.90 Å². The number of aryl methyl sites for hydroxylation is 1. The Labute approximate surface area is 202 Å². The largest absolute Gasteiger partial charge is 0.350 e. The van der Waals surface area contributed by atoms with Crippen LogP contribution >= 0.6 is 11.3 Å². The Balaban J connectivity index is 1.58. The van der Waals surface area contributed by atoms with Gasteiger partial charge in [-0.15, -0.1) is 11.3 Å². The molecule has 2 amide bonds. The van der Waals surface area contributed by atoms with Crippen molar-refractivity contribution in [3.05, 3.63) is 94.5 Å². The molecule has 0 unspecified atom stereocenters. The van der Waals surface area contributed by atoms with Gasteiger partial charge in [-0.3, -0.25) is 19.2 Å². The maximum Gasteiger partial charge on any atom is 0.277 e. The van der Waals surface area contributed by atoms with E-state index in [1.807, 2.05) is 92.9 Å². The predicted octanol–water partition coefficient (Wildman–Crippen LogP) is 4.96. The van der Waals surface area contributed by atoms with Crippen molar-refractivity contribution in [3.8, 4) is 10.6 Å². The lowest BCUT2D eigenvalue weighted by Gasteiger charge is -2.43. The highest BCUT2D eigenvalue weighted by Gasteiger charge is 2.49. The lowest BCUT2D eigenvalue weighted by molar-refractivity contribution is -0.126. The molecule has 7 heteroatoms. The molecule has 6 nitrogen and oxygen atoms in total. The highest BCUT2D eigenvalue weighted by atomic mass is 32.1. The molecule has 3 heterocycles. The van der Waals surface area contributed by atoms with Gasteiger partial charge in [0, 0.05) is 12.2 Å². The van der Waals surface area contributed by atoms with Crippen molar-refractivity contribution >= 4 is 28.8 Å². The van der Waals surface area contributed by atoms with Crippen LogP contribution in [0.3, 0.4) is 0 Å². The number of nitrogens with zero attached hydrogens (tertiary/aromatic N) is 3. The quantitative estimate of drug-likeness (QED) is 0.448. The average molecular weight is 471 g/mol. The maximum absolute atomic E-state index is 13.9. The molecule has 34 heavy (non-hydrogen) atoms. The van der Waals surface area contributed by atoms with Crippen LogP contribution in [-0.4, -0.2) is 27.1 Å². The van der Waals surface area contributed by atoms with Gasteiger partial charge in [-0.25, -0.2) is 0 Å². The van der Waals surface area contributed by atoms with Gasteiger partial charge in [0.15, 0.2) is 0 Å². The van der Waals surface area contributed by atoms with Crippen LogP contribution in [0.1, 0.15) is 34.1 Å². The number of nitrogens with one attached hydrogen (secondary N) is 1. The highest BCUT2D eigenvalue weighted by molar-refractivity contribution is 7.13. The van der Waals surface area contributed by atoms with E-state index in [4.69, 9.17) is 5.10 Å². The summed E-state index contributed by atoms with van der Waals surface area (Å²) >= 11 is 1.57. The van der Waals surface area contributed by atoms with Gasteiger partial charge in [-0.1, -0.05) is 48.5 Å². The molecule has 0 fully saturated rings. The minimum atomic E-state index is -1.16. The standard InChI is InChI=1S/C27H26N4O2S/c1-18-9-7-12-22(19(18)2)31-25(32)23-15-21(24-13-8-14-34-24)29-30(23)17-27(31,3)26(33)28-16-20-10-5-4-6-11-20/h4-15H,16-17H2,1-3H3,(H,28,33)/t27-/m0/s1. The Kier molecular flexibility index (Phi) is 5.57. The normalized spacial score (nSPS) is 17.5. The van der Waals surface area contributed by atoms with Gasteiger partial charge in [-0.2, -0.15) is 5.10 Å². The molecule has 0 saturated carbocycles. The van der Waals surface area contributed by atoms with Crippen LogP contribution in [0.4, 0.5) is 5.69 Å². The molecule has 1 aliphatic rings. The summed E-state index contributed by atoms with van der Waals surface area (Å²) in [4.78, 5) is 30.3. The number of carbonyl (C=O) groups excluding carboxylic acids is 2. The summed E-state index contributed by atoms with van der Waals surface area (Å²) in [6, 6.07) is 21.4. The molecular formula is C27H26N4O2S. The van der Waals surface area contributed by atoms with E-state index in [2.05, 4.69) is 5.32 Å². The van der Waals surface area contributed by atoms with E-state index in [0.717, 1.165) is 32.9 Å². The second kappa shape index (κ2) is 8.57. The number of anilines is 1. The Hall–Kier alpha value is -3.71. The second-order valence-corrected chi connectivity index (χ2v) is 9.80. The molecule has 172 valence electrons. The summed E-state index contributed by atoms with van der Waals surface area (Å²) in [6.07, 6.45) is 0. The molecule has 0 radical (unpaired) electrons. The third-order valence-corrected chi connectivity index (χ3v) is 7.42. The monoisotopic (exact) mass is 470 g/mol. The molecule has 2 aromatic heterocycles. The molecule has 2 aromatic carbocycles. The van der Waals surface area contributed by atoms with Gasteiger partial charge in [-0.05, 0) is 61.0 Å². The van der Waals surface area contributed by atoms with Crippen LogP contribution < -0.4 is 10.2 Å². The van der Waals surface area contributed by atoms with Crippen LogP contribution in [0, 0.1) is 13.8 Å². The fourth-order valence-corrected chi connectivity index (χ4v) is 5.13. The first-order chi connectivity index (χ1) is 16.4. The number of fused-ring (bicyclic) bond motifs is 1. The molecule has 0 bridgehead atoms. The SMILES string of the molecule is Cc1cccc(N2C(=O)c3cc(-c4cccs4)nn3C[C@@]2(C)C(=O)NCc2ccccc2)c1C. The van der Waals surface area contributed by atoms with Crippen LogP contribution in [0.15, 0.2) is 72.1 Å². The zero-order valence-electron chi connectivity index (χ0n) is 19.4. The number of rotatable bonds is 5. The van der Waals surface area contributed by atoms with Crippen molar-refractivity contribution in [2.24, 2.45) is 0 Å². The van der Waals surface area contributed by atoms with Gasteiger partial charge in [0.05, 0.1) is 11.4 Å². The Bertz CT molecular complexity index is 1360. The Morgan fingerprint density at radius 1 is 1.09 bits per heavy atom. The van der Waals surface area contributed by atoms with Gasteiger partial charge in [0.25, 0.3) is 5.91 Å². The van der Waals surface area contributed by atoms with Gasteiger partial charge in [0.2, 0.25) is 5.91 Å². The van der Waals surface area contributed by atoms with Crippen molar-refractivity contribution in [3.63, 3.8) is 0 Å². The number of aromatic nitrogens is 2. The fourth-order valence-electron chi connectivity index (χ4n) is 4.45. The van der Waals surface area contributed by atoms with Gasteiger partial charge in [0.1, 0.15) is 16.9 Å². The van der Waals surface area contributed by atoms with Crippen LogP contribution in [-0.2, 0) is 17.9 Å². The number of benzene rings is 2. The average Bonchev–Trinajstić information content (AvgIpc) is 3.51. The number of thiophene rings is 1. The zero-order valence-corrected chi connectivity index (χ0v) is 20.2. The number of carbonyl (C=O) groups is 2. The van der Waals surface area contributed by atoms with E-state index < -0.39 is 5.54 Å². The summed E-state index contributed by atoms with van der Waals surface area (Å²) in [5.74, 6) is -0.447. The van der Waals surface area contributed by atoms with Crippen LogP contribution in [0.5, 0.6) is 0 Å². The lowest BCUT2D eigenvalue weighted by Crippen LogP contribution is -2.64. The smallest absolute Gasteiger partial charge is 0.277 e. The van der Waals surface area contributed by atoms with E-state index in [0.29, 0.717) is 12.2 Å². The van der Waals surface area contributed by atoms with Crippen molar-refractivity contribution in [1.29, 1.82) is 0 Å². The lowest BCUT2D eigenvalue weighted by atomic mass is 9.92. The zero-order chi connectivity index (χ0) is 23.9. The maximum atomic E-state index is 13.9. The van der Waals surface area contributed by atoms with Crippen molar-refractivity contribution in [1.82, 2.24) is 15.1 Å². The van der Waals surface area contributed by atoms with E-state index >= 15 is 0 Å². The molecule has 1 N–H and O–H groups in total. The number of hydrogen-bond acceptors (Lipinski definition) is 4. The van der Waals surface area contributed by atoms with E-state index in [1.54, 1.807) is 20.9 Å². The summed E-state index contributed by atoms with van der Waals surface area (Å²) in [5, 5.41) is 9.75. The Morgan fingerprint density at radius 2 is 1.88 bits per heavy atom. The third-order valence-electron chi connectivity index (χ3n) is 6.53. The Morgan fingerprint density at radius 3 is 2.62 bits per heavy atom. The summed E-state index contributed by atoms with van der Waals surface area (Å²) < 4.78 is 1.68. The van der Waals surface area contributed by atoms with E-state index in [9.17, 15) is 9.59 Å². The molecule has 0 aliphatic carbocycles. The van der Waals surface area contributed by atoms with Crippen LogP contribution in [0.25, 0.3) is 10.6 Å². The van der Waals surface area contributed by atoms with E-state index in [1.165, 1.54) is 0 Å². The fraction of sp³-hybridized carbons (Fsp3) is 0.222. The molecule has 1 atom stereocenters. The van der Waals surface area contributed by atoms with E-state index in [-0.39, 0.29) is 18.4 Å². The van der Waals surface area contributed by atoms with Crippen LogP contribution in [0.2, 0.25) is 0 Å². The summed E-state index contributed by atoms with van der Waals surface area (Å²) in [7, 11) is 0. The topological polar surface area (TPSA) is 67.2 Å². The van der Waals surface area contributed by atoms with Crippen molar-refractivity contribution in [2.45, 2.75) is 39.4 Å². The minimum absolute atomic E-state index is 0.218. The molecule has 5 rings (SSSR count). The first kappa shape index (κ1) is 22.1. The van der Waals surface area contributed by atoms with Crippen molar-refractivity contribution < 1.29 is 9.59 Å². The molecule has 0 spiro atoms. The number of amides is 2.